The first-order valence-corrected chi connectivity index (χ1v) is 9.48. The smallest absolute Gasteiger partial charge is 0.344 e. The van der Waals surface area contributed by atoms with Gasteiger partial charge in [-0.15, -0.1) is 0 Å². The Bertz CT molecular complexity index is 1430. The zero-order valence-corrected chi connectivity index (χ0v) is 16.7. The van der Waals surface area contributed by atoms with Crippen molar-refractivity contribution in [1.82, 2.24) is 0 Å². The number of aryl methyl sites for hydroxylation is 1. The molecule has 0 spiro atoms. The third kappa shape index (κ3) is 3.98. The fraction of sp³-hybridized carbons (Fsp3) is 0.125. The summed E-state index contributed by atoms with van der Waals surface area (Å²) < 4.78 is 21.2. The quantitative estimate of drug-likeness (QED) is 0.265. The molecule has 0 aliphatic rings. The maximum atomic E-state index is 12.6. The van der Waals surface area contributed by atoms with Crippen molar-refractivity contribution in [1.29, 1.82) is 0 Å². The Labute approximate surface area is 176 Å². The molecule has 0 saturated carbocycles. The summed E-state index contributed by atoms with van der Waals surface area (Å²) in [6.45, 7) is 4.95. The molecule has 0 unspecified atom stereocenters. The van der Waals surface area contributed by atoms with E-state index in [-0.39, 0.29) is 24.4 Å². The SMILES string of the molecule is C=CCOC(=O)COc1ccc2c(-c3cc4ccccc4oc3=O)cc(=O)oc2c1C. The van der Waals surface area contributed by atoms with Crippen molar-refractivity contribution in [3.8, 4) is 16.9 Å². The minimum atomic E-state index is -0.624. The predicted molar refractivity (Wildman–Crippen MR) is 115 cm³/mol. The summed E-state index contributed by atoms with van der Waals surface area (Å²) >= 11 is 0. The van der Waals surface area contributed by atoms with Crippen molar-refractivity contribution in [2.24, 2.45) is 0 Å². The molecule has 0 aliphatic carbocycles. The molecule has 156 valence electrons. The molecule has 0 N–H and O–H groups in total. The highest BCUT2D eigenvalue weighted by molar-refractivity contribution is 5.97. The van der Waals surface area contributed by atoms with E-state index < -0.39 is 17.2 Å². The van der Waals surface area contributed by atoms with Crippen LogP contribution in [0.5, 0.6) is 5.75 Å². The van der Waals surface area contributed by atoms with Crippen LogP contribution >= 0.6 is 0 Å². The Morgan fingerprint density at radius 1 is 1.06 bits per heavy atom. The van der Waals surface area contributed by atoms with Crippen molar-refractivity contribution in [3.63, 3.8) is 0 Å². The largest absolute Gasteiger partial charge is 0.481 e. The summed E-state index contributed by atoms with van der Waals surface area (Å²) in [5, 5.41) is 1.27. The number of benzene rings is 2. The average Bonchev–Trinajstić information content (AvgIpc) is 2.76. The minimum Gasteiger partial charge on any atom is -0.481 e. The molecule has 7 nitrogen and oxygen atoms in total. The molecule has 0 amide bonds. The fourth-order valence-electron chi connectivity index (χ4n) is 3.30. The summed E-state index contributed by atoms with van der Waals surface area (Å²) in [4.78, 5) is 36.6. The Morgan fingerprint density at radius 2 is 1.87 bits per heavy atom. The van der Waals surface area contributed by atoms with Gasteiger partial charge in [-0.2, -0.15) is 0 Å². The molecule has 0 radical (unpaired) electrons. The maximum absolute atomic E-state index is 12.6. The monoisotopic (exact) mass is 418 g/mol. The lowest BCUT2D eigenvalue weighted by Crippen LogP contribution is -2.15. The molecule has 2 aromatic carbocycles. The van der Waals surface area contributed by atoms with E-state index in [2.05, 4.69) is 6.58 Å². The fourth-order valence-corrected chi connectivity index (χ4v) is 3.30. The molecule has 0 fully saturated rings. The van der Waals surface area contributed by atoms with E-state index in [1.165, 1.54) is 12.1 Å². The van der Waals surface area contributed by atoms with Crippen LogP contribution in [0.1, 0.15) is 5.56 Å². The first-order valence-electron chi connectivity index (χ1n) is 9.48. The maximum Gasteiger partial charge on any atom is 0.344 e. The Morgan fingerprint density at radius 3 is 2.68 bits per heavy atom. The second-order valence-corrected chi connectivity index (χ2v) is 6.79. The van der Waals surface area contributed by atoms with Crippen molar-refractivity contribution in [3.05, 3.63) is 87.6 Å². The summed E-state index contributed by atoms with van der Waals surface area (Å²) in [5.74, 6) is -0.197. The normalized spacial score (nSPS) is 10.9. The third-order valence-corrected chi connectivity index (χ3v) is 4.75. The summed E-state index contributed by atoms with van der Waals surface area (Å²) in [7, 11) is 0. The lowest BCUT2D eigenvalue weighted by Gasteiger charge is -2.12. The topological polar surface area (TPSA) is 96.0 Å². The van der Waals surface area contributed by atoms with E-state index in [1.54, 1.807) is 37.3 Å². The number of hydrogen-bond acceptors (Lipinski definition) is 7. The van der Waals surface area contributed by atoms with Crippen molar-refractivity contribution in [2.75, 3.05) is 13.2 Å². The van der Waals surface area contributed by atoms with E-state index in [0.29, 0.717) is 27.8 Å². The minimum absolute atomic E-state index is 0.0888. The van der Waals surface area contributed by atoms with E-state index in [4.69, 9.17) is 18.3 Å². The number of para-hydroxylation sites is 1. The molecule has 0 atom stereocenters. The number of carbonyl (C=O) groups excluding carboxylic acids is 1. The van der Waals surface area contributed by atoms with Crippen LogP contribution < -0.4 is 16.0 Å². The molecule has 2 heterocycles. The molecule has 7 heteroatoms. The molecule has 4 aromatic rings. The zero-order chi connectivity index (χ0) is 22.0. The van der Waals surface area contributed by atoms with Gasteiger partial charge < -0.3 is 18.3 Å². The molecule has 4 rings (SSSR count). The van der Waals surface area contributed by atoms with E-state index in [1.807, 2.05) is 12.1 Å². The van der Waals surface area contributed by atoms with Gasteiger partial charge in [0.25, 0.3) is 0 Å². The van der Waals surface area contributed by atoms with E-state index >= 15 is 0 Å². The van der Waals surface area contributed by atoms with E-state index in [9.17, 15) is 14.4 Å². The lowest BCUT2D eigenvalue weighted by atomic mass is 10.0. The summed E-state index contributed by atoms with van der Waals surface area (Å²) in [6.07, 6.45) is 1.46. The van der Waals surface area contributed by atoms with Crippen LogP contribution in [0.25, 0.3) is 33.1 Å². The molecule has 0 bridgehead atoms. The Balaban J connectivity index is 1.80. The lowest BCUT2D eigenvalue weighted by molar-refractivity contribution is -0.144. The van der Waals surface area contributed by atoms with Crippen LogP contribution in [0.2, 0.25) is 0 Å². The highest BCUT2D eigenvalue weighted by Crippen LogP contribution is 2.33. The highest BCUT2D eigenvalue weighted by Gasteiger charge is 2.17. The number of ether oxygens (including phenoxy) is 2. The van der Waals surface area contributed by atoms with Crippen LogP contribution in [0.15, 0.2) is 79.6 Å². The molecule has 0 aliphatic heterocycles. The highest BCUT2D eigenvalue weighted by atomic mass is 16.6. The Hall–Kier alpha value is -4.13. The average molecular weight is 418 g/mol. The first-order chi connectivity index (χ1) is 15.0. The number of carbonyl (C=O) groups is 1. The van der Waals surface area contributed by atoms with Crippen LogP contribution in [0.3, 0.4) is 0 Å². The van der Waals surface area contributed by atoms with Crippen LogP contribution in [0.4, 0.5) is 0 Å². The van der Waals surface area contributed by atoms with Crippen molar-refractivity contribution in [2.45, 2.75) is 6.92 Å². The van der Waals surface area contributed by atoms with Gasteiger partial charge in [0.05, 0.1) is 5.56 Å². The van der Waals surface area contributed by atoms with Gasteiger partial charge in [-0.3, -0.25) is 0 Å². The zero-order valence-electron chi connectivity index (χ0n) is 16.7. The number of rotatable bonds is 6. The molecular formula is C24H18O7. The molecule has 0 saturated heterocycles. The third-order valence-electron chi connectivity index (χ3n) is 4.75. The summed E-state index contributed by atoms with van der Waals surface area (Å²) in [6, 6.07) is 13.4. The van der Waals surface area contributed by atoms with Crippen molar-refractivity contribution >= 4 is 27.9 Å². The molecular weight excluding hydrogens is 400 g/mol. The van der Waals surface area contributed by atoms with Crippen LogP contribution in [-0.4, -0.2) is 19.2 Å². The molecule has 2 aromatic heterocycles. The van der Waals surface area contributed by atoms with Gasteiger partial charge in [-0.05, 0) is 31.2 Å². The van der Waals surface area contributed by atoms with Gasteiger partial charge in [0, 0.05) is 28.0 Å². The number of esters is 1. The second kappa shape index (κ2) is 8.31. The molecule has 31 heavy (non-hydrogen) atoms. The van der Waals surface area contributed by atoms with Crippen LogP contribution in [-0.2, 0) is 9.53 Å². The van der Waals surface area contributed by atoms with Crippen molar-refractivity contribution < 1.29 is 23.1 Å². The van der Waals surface area contributed by atoms with Gasteiger partial charge in [0.1, 0.15) is 23.5 Å². The van der Waals surface area contributed by atoms with Gasteiger partial charge in [0.2, 0.25) is 0 Å². The van der Waals surface area contributed by atoms with Gasteiger partial charge >= 0.3 is 17.2 Å². The summed E-state index contributed by atoms with van der Waals surface area (Å²) in [5.41, 5.74) is 0.682. The number of fused-ring (bicyclic) bond motifs is 2. The van der Waals surface area contributed by atoms with Gasteiger partial charge in [0.15, 0.2) is 6.61 Å². The first kappa shape index (κ1) is 20.2. The Kier molecular flexibility index (Phi) is 5.41. The van der Waals surface area contributed by atoms with Gasteiger partial charge in [-0.1, -0.05) is 30.9 Å². The van der Waals surface area contributed by atoms with E-state index in [0.717, 1.165) is 5.39 Å². The number of hydrogen-bond donors (Lipinski definition) is 0. The van der Waals surface area contributed by atoms with Gasteiger partial charge in [-0.25, -0.2) is 14.4 Å². The predicted octanol–water partition coefficient (Wildman–Crippen LogP) is 3.98. The standard InChI is InChI=1S/C24H18O7/c1-3-10-28-22(26)13-29-19-9-8-16-17(12-21(25)31-23(16)14(19)2)18-11-15-6-4-5-7-20(15)30-24(18)27/h3-9,11-12H,1,10,13H2,2H3. The van der Waals surface area contributed by atoms with Crippen LogP contribution in [0, 0.1) is 6.92 Å². The second-order valence-electron chi connectivity index (χ2n) is 6.79.